The summed E-state index contributed by atoms with van der Waals surface area (Å²) < 4.78 is 8.35. The van der Waals surface area contributed by atoms with Crippen molar-refractivity contribution in [3.63, 3.8) is 0 Å². The van der Waals surface area contributed by atoms with Crippen LogP contribution in [0.3, 0.4) is 0 Å². The van der Waals surface area contributed by atoms with Gasteiger partial charge < -0.3 is 14.6 Å². The average Bonchev–Trinajstić information content (AvgIpc) is 2.77. The summed E-state index contributed by atoms with van der Waals surface area (Å²) in [7, 11) is 0. The van der Waals surface area contributed by atoms with Crippen LogP contribution in [0.25, 0.3) is 10.9 Å². The van der Waals surface area contributed by atoms with Gasteiger partial charge in [0, 0.05) is 41.1 Å². The van der Waals surface area contributed by atoms with Gasteiger partial charge in [0.1, 0.15) is 5.75 Å². The number of para-hydroxylation sites is 1. The third kappa shape index (κ3) is 3.53. The fraction of sp³-hybridized carbons (Fsp3) is 0.333. The number of ether oxygens (including phenoxy) is 1. The lowest BCUT2D eigenvalue weighted by molar-refractivity contribution is 0.302. The van der Waals surface area contributed by atoms with E-state index < -0.39 is 0 Å². The number of benzene rings is 2. The number of rotatable bonds is 5. The molecule has 3 aromatic rings. The fourth-order valence-electron chi connectivity index (χ4n) is 3.76. The molecule has 0 aliphatic carbocycles. The third-order valence-electron chi connectivity index (χ3n) is 4.88. The molecular formula is C21H23ClN2O. The number of fused-ring (bicyclic) bond motifs is 3. The lowest BCUT2D eigenvalue weighted by atomic mass is 10.1. The Morgan fingerprint density at radius 1 is 1.04 bits per heavy atom. The molecule has 0 spiro atoms. The second-order valence-corrected chi connectivity index (χ2v) is 6.94. The summed E-state index contributed by atoms with van der Waals surface area (Å²) >= 11 is 6.01. The van der Waals surface area contributed by atoms with Crippen LogP contribution in [0.5, 0.6) is 5.75 Å². The number of hydrogen-bond donors (Lipinski definition) is 1. The Labute approximate surface area is 153 Å². The van der Waals surface area contributed by atoms with Crippen LogP contribution >= 0.6 is 11.6 Å². The highest BCUT2D eigenvalue weighted by atomic mass is 35.5. The van der Waals surface area contributed by atoms with Gasteiger partial charge in [0.25, 0.3) is 0 Å². The molecule has 1 aliphatic heterocycles. The molecule has 0 bridgehead atoms. The van der Waals surface area contributed by atoms with E-state index in [9.17, 15) is 0 Å². The van der Waals surface area contributed by atoms with Gasteiger partial charge in [-0.1, -0.05) is 35.9 Å². The lowest BCUT2D eigenvalue weighted by Gasteiger charge is -2.12. The van der Waals surface area contributed by atoms with E-state index >= 15 is 0 Å². The van der Waals surface area contributed by atoms with Crippen molar-refractivity contribution < 1.29 is 4.74 Å². The number of hydrogen-bond acceptors (Lipinski definition) is 2. The van der Waals surface area contributed by atoms with Gasteiger partial charge in [0.2, 0.25) is 0 Å². The zero-order valence-electron chi connectivity index (χ0n) is 14.3. The van der Waals surface area contributed by atoms with Crippen molar-refractivity contribution in [3.05, 3.63) is 64.8 Å². The molecule has 1 aliphatic rings. The van der Waals surface area contributed by atoms with Gasteiger partial charge >= 0.3 is 0 Å². The van der Waals surface area contributed by atoms with Crippen molar-refractivity contribution in [2.24, 2.45) is 0 Å². The standard InChI is InChI=1S/C21H23ClN2O/c22-16-5-3-6-17(15-16)25-14-4-13-24-20-8-2-1-7-18(20)19-9-11-23-12-10-21(19)24/h1-3,5-8,15,23H,4,9-14H2. The van der Waals surface area contributed by atoms with E-state index in [1.54, 1.807) is 0 Å². The van der Waals surface area contributed by atoms with Crippen molar-refractivity contribution in [1.82, 2.24) is 9.88 Å². The molecule has 130 valence electrons. The van der Waals surface area contributed by atoms with Gasteiger partial charge in [-0.3, -0.25) is 0 Å². The van der Waals surface area contributed by atoms with E-state index in [1.165, 1.54) is 22.2 Å². The first kappa shape index (κ1) is 16.5. The second-order valence-electron chi connectivity index (χ2n) is 6.50. The quantitative estimate of drug-likeness (QED) is 0.685. The summed E-state index contributed by atoms with van der Waals surface area (Å²) in [6, 6.07) is 16.4. The summed E-state index contributed by atoms with van der Waals surface area (Å²) in [5, 5.41) is 5.64. The van der Waals surface area contributed by atoms with Gasteiger partial charge in [-0.15, -0.1) is 0 Å². The molecule has 2 heterocycles. The monoisotopic (exact) mass is 354 g/mol. The second kappa shape index (κ2) is 7.51. The van der Waals surface area contributed by atoms with Gasteiger partial charge in [-0.05, 0) is 49.2 Å². The zero-order valence-corrected chi connectivity index (χ0v) is 15.1. The number of nitrogens with one attached hydrogen (secondary N) is 1. The highest BCUT2D eigenvalue weighted by Gasteiger charge is 2.18. The summed E-state index contributed by atoms with van der Waals surface area (Å²) in [6.45, 7) is 3.80. The zero-order chi connectivity index (χ0) is 17.1. The Kier molecular flexibility index (Phi) is 4.95. The van der Waals surface area contributed by atoms with Gasteiger partial charge in [0.15, 0.2) is 0 Å². The Bertz CT molecular complexity index is 871. The predicted molar refractivity (Wildman–Crippen MR) is 104 cm³/mol. The van der Waals surface area contributed by atoms with Crippen LogP contribution in [-0.2, 0) is 19.4 Å². The molecule has 1 N–H and O–H groups in total. The minimum Gasteiger partial charge on any atom is -0.493 e. The Balaban J connectivity index is 1.50. The van der Waals surface area contributed by atoms with Gasteiger partial charge in [-0.2, -0.15) is 0 Å². The summed E-state index contributed by atoms with van der Waals surface area (Å²) in [5.41, 5.74) is 4.38. The Morgan fingerprint density at radius 2 is 1.92 bits per heavy atom. The van der Waals surface area contributed by atoms with Crippen LogP contribution in [0.1, 0.15) is 17.7 Å². The molecule has 4 rings (SSSR count). The van der Waals surface area contributed by atoms with Crippen molar-refractivity contribution in [3.8, 4) is 5.75 Å². The van der Waals surface area contributed by atoms with E-state index in [0.29, 0.717) is 11.6 Å². The van der Waals surface area contributed by atoms with E-state index in [4.69, 9.17) is 16.3 Å². The van der Waals surface area contributed by atoms with Crippen molar-refractivity contribution in [2.45, 2.75) is 25.8 Å². The van der Waals surface area contributed by atoms with Crippen LogP contribution in [0.15, 0.2) is 48.5 Å². The normalized spacial score (nSPS) is 14.3. The first-order valence-electron chi connectivity index (χ1n) is 9.01. The third-order valence-corrected chi connectivity index (χ3v) is 5.11. The molecule has 3 nitrogen and oxygen atoms in total. The summed E-state index contributed by atoms with van der Waals surface area (Å²) in [4.78, 5) is 0. The molecule has 2 aromatic carbocycles. The highest BCUT2D eigenvalue weighted by molar-refractivity contribution is 6.30. The van der Waals surface area contributed by atoms with E-state index in [-0.39, 0.29) is 0 Å². The van der Waals surface area contributed by atoms with Gasteiger partial charge in [-0.25, -0.2) is 0 Å². The average molecular weight is 355 g/mol. The minimum absolute atomic E-state index is 0.694. The fourth-order valence-corrected chi connectivity index (χ4v) is 3.94. The Morgan fingerprint density at radius 3 is 2.84 bits per heavy atom. The summed E-state index contributed by atoms with van der Waals surface area (Å²) in [6.07, 6.45) is 3.19. The molecule has 1 aromatic heterocycles. The number of nitrogens with zero attached hydrogens (tertiary/aromatic N) is 1. The van der Waals surface area contributed by atoms with E-state index in [0.717, 1.165) is 44.6 Å². The molecule has 4 heteroatoms. The van der Waals surface area contributed by atoms with Crippen molar-refractivity contribution in [1.29, 1.82) is 0 Å². The first-order valence-corrected chi connectivity index (χ1v) is 9.39. The van der Waals surface area contributed by atoms with Gasteiger partial charge in [0.05, 0.1) is 6.61 Å². The molecule has 0 atom stereocenters. The predicted octanol–water partition coefficient (Wildman–Crippen LogP) is 4.45. The van der Waals surface area contributed by atoms with Crippen LogP contribution in [0.2, 0.25) is 5.02 Å². The number of halogens is 1. The molecule has 0 radical (unpaired) electrons. The molecule has 0 saturated carbocycles. The lowest BCUT2D eigenvalue weighted by Crippen LogP contribution is -2.17. The topological polar surface area (TPSA) is 26.2 Å². The maximum absolute atomic E-state index is 6.01. The van der Waals surface area contributed by atoms with E-state index in [1.807, 2.05) is 24.3 Å². The highest BCUT2D eigenvalue weighted by Crippen LogP contribution is 2.28. The molecular weight excluding hydrogens is 332 g/mol. The summed E-state index contributed by atoms with van der Waals surface area (Å²) in [5.74, 6) is 0.841. The van der Waals surface area contributed by atoms with Crippen molar-refractivity contribution in [2.75, 3.05) is 19.7 Å². The molecule has 25 heavy (non-hydrogen) atoms. The SMILES string of the molecule is Clc1cccc(OCCCn2c3c(c4ccccc42)CCNCC3)c1. The van der Waals surface area contributed by atoms with Crippen LogP contribution in [-0.4, -0.2) is 24.3 Å². The van der Waals surface area contributed by atoms with Crippen LogP contribution < -0.4 is 10.1 Å². The van der Waals surface area contributed by atoms with Crippen LogP contribution in [0.4, 0.5) is 0 Å². The maximum atomic E-state index is 6.01. The minimum atomic E-state index is 0.694. The first-order chi connectivity index (χ1) is 12.3. The number of aromatic nitrogens is 1. The molecule has 0 amide bonds. The van der Waals surface area contributed by atoms with Crippen molar-refractivity contribution >= 4 is 22.5 Å². The number of aryl methyl sites for hydroxylation is 1. The Hall–Kier alpha value is -1.97. The molecule has 0 saturated heterocycles. The van der Waals surface area contributed by atoms with Crippen LogP contribution in [0, 0.1) is 0 Å². The van der Waals surface area contributed by atoms with E-state index in [2.05, 4.69) is 34.1 Å². The smallest absolute Gasteiger partial charge is 0.120 e. The molecule has 0 unspecified atom stereocenters. The largest absolute Gasteiger partial charge is 0.493 e. The molecule has 0 fully saturated rings. The maximum Gasteiger partial charge on any atom is 0.120 e.